The van der Waals surface area contributed by atoms with E-state index >= 15 is 0 Å². The van der Waals surface area contributed by atoms with Crippen LogP contribution in [0.5, 0.6) is 0 Å². The van der Waals surface area contributed by atoms with Crippen LogP contribution in [0.1, 0.15) is 47.2 Å². The van der Waals surface area contributed by atoms with Crippen molar-refractivity contribution in [1.82, 2.24) is 25.1 Å². The lowest BCUT2D eigenvalue weighted by Crippen LogP contribution is -2.32. The standard InChI is InChI=1S/C19H23N5OS2/c1-5-13(3)20-18(25)15-10-26-17(21-15)11-27-19-23-22-14(4)24(19)16-9-7-6-8-12(16)2/h6-10,13H,5,11H2,1-4H3,(H,20,25)/t13-/m0/s1. The molecule has 6 nitrogen and oxygen atoms in total. The van der Waals surface area contributed by atoms with Crippen molar-refractivity contribution >= 4 is 29.0 Å². The van der Waals surface area contributed by atoms with Crippen molar-refractivity contribution in [2.24, 2.45) is 0 Å². The lowest BCUT2D eigenvalue weighted by Gasteiger charge is -2.10. The van der Waals surface area contributed by atoms with E-state index in [-0.39, 0.29) is 11.9 Å². The van der Waals surface area contributed by atoms with Gasteiger partial charge in [0, 0.05) is 11.4 Å². The number of carbonyl (C=O) groups excluding carboxylic acids is 1. The zero-order valence-corrected chi connectivity index (χ0v) is 17.5. The monoisotopic (exact) mass is 401 g/mol. The van der Waals surface area contributed by atoms with E-state index in [0.717, 1.165) is 28.1 Å². The molecule has 3 aromatic rings. The number of benzene rings is 1. The minimum atomic E-state index is -0.115. The number of nitrogens with one attached hydrogen (secondary N) is 1. The van der Waals surface area contributed by atoms with Crippen LogP contribution in [0.3, 0.4) is 0 Å². The number of thiazole rings is 1. The number of aryl methyl sites for hydroxylation is 2. The molecule has 0 fully saturated rings. The normalized spacial score (nSPS) is 12.1. The van der Waals surface area contributed by atoms with Gasteiger partial charge >= 0.3 is 0 Å². The fraction of sp³-hybridized carbons (Fsp3) is 0.368. The van der Waals surface area contributed by atoms with Gasteiger partial charge in [0.25, 0.3) is 5.91 Å². The molecule has 2 aromatic heterocycles. The van der Waals surface area contributed by atoms with Crippen molar-refractivity contribution in [3.8, 4) is 5.69 Å². The molecule has 0 aliphatic carbocycles. The summed E-state index contributed by atoms with van der Waals surface area (Å²) < 4.78 is 2.06. The molecule has 27 heavy (non-hydrogen) atoms. The van der Waals surface area contributed by atoms with Gasteiger partial charge in [-0.3, -0.25) is 9.36 Å². The Hall–Kier alpha value is -2.19. The summed E-state index contributed by atoms with van der Waals surface area (Å²) in [5.74, 6) is 1.38. The van der Waals surface area contributed by atoms with E-state index in [1.165, 1.54) is 16.9 Å². The number of thioether (sulfide) groups is 1. The van der Waals surface area contributed by atoms with Gasteiger partial charge in [0.05, 0.1) is 11.4 Å². The quantitative estimate of drug-likeness (QED) is 0.602. The summed E-state index contributed by atoms with van der Waals surface area (Å²) in [6, 6.07) is 8.32. The predicted molar refractivity (Wildman–Crippen MR) is 110 cm³/mol. The third-order valence-electron chi connectivity index (χ3n) is 4.25. The van der Waals surface area contributed by atoms with E-state index in [4.69, 9.17) is 0 Å². The lowest BCUT2D eigenvalue weighted by molar-refractivity contribution is 0.0935. The van der Waals surface area contributed by atoms with E-state index in [1.807, 2.05) is 38.3 Å². The van der Waals surface area contributed by atoms with Gasteiger partial charge in [-0.25, -0.2) is 4.98 Å². The summed E-state index contributed by atoms with van der Waals surface area (Å²) in [5, 5.41) is 15.0. The Bertz CT molecular complexity index is 934. The average Bonchev–Trinajstić information content (AvgIpc) is 3.27. The van der Waals surface area contributed by atoms with Crippen LogP contribution < -0.4 is 5.32 Å². The van der Waals surface area contributed by atoms with E-state index in [9.17, 15) is 4.79 Å². The topological polar surface area (TPSA) is 72.7 Å². The number of carbonyl (C=O) groups is 1. The first kappa shape index (κ1) is 19.6. The number of hydrogen-bond donors (Lipinski definition) is 1. The Morgan fingerprint density at radius 2 is 2.07 bits per heavy atom. The van der Waals surface area contributed by atoms with Crippen LogP contribution in [-0.2, 0) is 5.75 Å². The molecule has 1 amide bonds. The minimum Gasteiger partial charge on any atom is -0.348 e. The van der Waals surface area contributed by atoms with E-state index < -0.39 is 0 Å². The maximum atomic E-state index is 12.2. The summed E-state index contributed by atoms with van der Waals surface area (Å²) in [6.07, 6.45) is 0.895. The largest absolute Gasteiger partial charge is 0.348 e. The van der Waals surface area contributed by atoms with Gasteiger partial charge in [-0.1, -0.05) is 36.9 Å². The zero-order valence-electron chi connectivity index (χ0n) is 15.9. The summed E-state index contributed by atoms with van der Waals surface area (Å²) in [5.41, 5.74) is 2.73. The average molecular weight is 402 g/mol. The highest BCUT2D eigenvalue weighted by Gasteiger charge is 2.16. The molecular formula is C19H23N5OS2. The van der Waals surface area contributed by atoms with Crippen LogP contribution in [0.25, 0.3) is 5.69 Å². The molecule has 1 N–H and O–H groups in total. The van der Waals surface area contributed by atoms with Crippen LogP contribution in [-0.4, -0.2) is 31.7 Å². The lowest BCUT2D eigenvalue weighted by atomic mass is 10.2. The van der Waals surface area contributed by atoms with E-state index in [2.05, 4.69) is 44.1 Å². The smallest absolute Gasteiger partial charge is 0.270 e. The number of amides is 1. The molecule has 0 unspecified atom stereocenters. The van der Waals surface area contributed by atoms with Gasteiger partial charge in [0.15, 0.2) is 5.16 Å². The summed E-state index contributed by atoms with van der Waals surface area (Å²) >= 11 is 3.07. The van der Waals surface area contributed by atoms with Crippen LogP contribution in [0.15, 0.2) is 34.8 Å². The fourth-order valence-electron chi connectivity index (χ4n) is 2.54. The van der Waals surface area contributed by atoms with Gasteiger partial charge in [0.1, 0.15) is 16.5 Å². The third-order valence-corrected chi connectivity index (χ3v) is 6.22. The molecule has 8 heteroatoms. The molecule has 2 heterocycles. The molecule has 0 aliphatic rings. The zero-order chi connectivity index (χ0) is 19.4. The second-order valence-electron chi connectivity index (χ2n) is 6.35. The highest BCUT2D eigenvalue weighted by atomic mass is 32.2. The van der Waals surface area contributed by atoms with Crippen molar-refractivity contribution in [2.75, 3.05) is 0 Å². The van der Waals surface area contributed by atoms with Crippen LogP contribution in [0.2, 0.25) is 0 Å². The highest BCUT2D eigenvalue weighted by Crippen LogP contribution is 2.27. The fourth-order valence-corrected chi connectivity index (χ4v) is 4.32. The van der Waals surface area contributed by atoms with Crippen molar-refractivity contribution in [3.63, 3.8) is 0 Å². The van der Waals surface area contributed by atoms with E-state index in [1.54, 1.807) is 11.8 Å². The molecule has 0 saturated heterocycles. The van der Waals surface area contributed by atoms with Gasteiger partial charge in [-0.15, -0.1) is 21.5 Å². The van der Waals surface area contributed by atoms with Crippen molar-refractivity contribution in [2.45, 2.75) is 51.1 Å². The molecule has 3 rings (SSSR count). The first-order valence-electron chi connectivity index (χ1n) is 8.85. The molecule has 0 bridgehead atoms. The second-order valence-corrected chi connectivity index (χ2v) is 8.23. The Morgan fingerprint density at radius 1 is 1.30 bits per heavy atom. The number of aromatic nitrogens is 4. The van der Waals surface area contributed by atoms with Gasteiger partial charge in [-0.2, -0.15) is 0 Å². The van der Waals surface area contributed by atoms with E-state index in [0.29, 0.717) is 11.4 Å². The predicted octanol–water partition coefficient (Wildman–Crippen LogP) is 4.16. The SMILES string of the molecule is CC[C@H](C)NC(=O)c1csc(CSc2nnc(C)n2-c2ccccc2C)n1. The Labute approximate surface area is 167 Å². The number of nitrogens with zero attached hydrogens (tertiary/aromatic N) is 4. The van der Waals surface area contributed by atoms with Gasteiger partial charge in [0.2, 0.25) is 0 Å². The number of rotatable bonds is 7. The van der Waals surface area contributed by atoms with Crippen LogP contribution in [0.4, 0.5) is 0 Å². The van der Waals surface area contributed by atoms with Gasteiger partial charge in [-0.05, 0) is 38.8 Å². The van der Waals surface area contributed by atoms with Crippen LogP contribution in [0, 0.1) is 13.8 Å². The number of hydrogen-bond acceptors (Lipinski definition) is 6. The highest BCUT2D eigenvalue weighted by molar-refractivity contribution is 7.98. The molecule has 142 valence electrons. The minimum absolute atomic E-state index is 0.115. The van der Waals surface area contributed by atoms with Crippen molar-refractivity contribution in [1.29, 1.82) is 0 Å². The maximum absolute atomic E-state index is 12.2. The Morgan fingerprint density at radius 3 is 2.81 bits per heavy atom. The summed E-state index contributed by atoms with van der Waals surface area (Å²) in [4.78, 5) is 16.6. The molecule has 0 aliphatic heterocycles. The second kappa shape index (κ2) is 8.67. The molecule has 0 saturated carbocycles. The first-order chi connectivity index (χ1) is 13.0. The Kier molecular flexibility index (Phi) is 6.28. The summed E-state index contributed by atoms with van der Waals surface area (Å²) in [6.45, 7) is 8.05. The molecule has 0 spiro atoms. The van der Waals surface area contributed by atoms with Gasteiger partial charge < -0.3 is 5.32 Å². The summed E-state index contributed by atoms with van der Waals surface area (Å²) in [7, 11) is 0. The number of para-hydroxylation sites is 1. The maximum Gasteiger partial charge on any atom is 0.270 e. The molecule has 0 radical (unpaired) electrons. The molecular weight excluding hydrogens is 378 g/mol. The van der Waals surface area contributed by atoms with Crippen molar-refractivity contribution < 1.29 is 4.79 Å². The molecule has 1 aromatic carbocycles. The molecule has 1 atom stereocenters. The van der Waals surface area contributed by atoms with Crippen LogP contribution >= 0.6 is 23.1 Å². The van der Waals surface area contributed by atoms with Crippen molar-refractivity contribution in [3.05, 3.63) is 51.7 Å². The Balaban J connectivity index is 1.72. The third kappa shape index (κ3) is 4.56. The first-order valence-corrected chi connectivity index (χ1v) is 10.7.